The quantitative estimate of drug-likeness (QED) is 0.666. The molecule has 15 heavy (non-hydrogen) atoms. The van der Waals surface area contributed by atoms with Crippen molar-refractivity contribution in [3.8, 4) is 0 Å². The summed E-state index contributed by atoms with van der Waals surface area (Å²) in [4.78, 5) is 4.03. The molecule has 2 aromatic rings. The highest BCUT2D eigenvalue weighted by atomic mass is 14.6. The number of nitrogens with zero attached hydrogens (tertiary/aromatic N) is 1. The van der Waals surface area contributed by atoms with Gasteiger partial charge in [0.2, 0.25) is 0 Å². The maximum Gasteiger partial charge on any atom is 0.0346 e. The smallest absolute Gasteiger partial charge is 0.0346 e. The van der Waals surface area contributed by atoms with E-state index in [2.05, 4.69) is 10.7 Å². The molecule has 1 aromatic carbocycles. The fourth-order valence-corrected chi connectivity index (χ4v) is 1.24. The number of pyridine rings is 1. The third-order valence-electron chi connectivity index (χ3n) is 1.98. The molecule has 0 spiro atoms. The number of aromatic nitrogens is 1. The second-order valence-electron chi connectivity index (χ2n) is 3.15. The fraction of sp³-hybridized carbons (Fsp3) is 0. The van der Waals surface area contributed by atoms with Crippen molar-refractivity contribution in [2.45, 2.75) is 0 Å². The molecule has 1 heterocycles. The summed E-state index contributed by atoms with van der Waals surface area (Å²) in [6.07, 6.45) is 7.44. The molecule has 0 bridgehead atoms. The highest BCUT2D eigenvalue weighted by Crippen LogP contribution is 2.01. The van der Waals surface area contributed by atoms with E-state index in [9.17, 15) is 0 Å². The van der Waals surface area contributed by atoms with Gasteiger partial charge in [-0.1, -0.05) is 36.4 Å². The van der Waals surface area contributed by atoms with Gasteiger partial charge < -0.3 is 0 Å². The van der Waals surface area contributed by atoms with Gasteiger partial charge in [0.1, 0.15) is 0 Å². The Morgan fingerprint density at radius 2 is 1.60 bits per heavy atom. The largest absolute Gasteiger partial charge is 0.264 e. The Hall–Kier alpha value is -2.11. The third-order valence-corrected chi connectivity index (χ3v) is 1.98. The van der Waals surface area contributed by atoms with Crippen LogP contribution in [0.2, 0.25) is 0 Å². The molecule has 72 valence electrons. The molecule has 0 unspecified atom stereocenters. The first-order chi connectivity index (χ1) is 7.45. The zero-order chi connectivity index (χ0) is 10.3. The van der Waals surface area contributed by atoms with Crippen LogP contribution in [-0.2, 0) is 0 Å². The summed E-state index contributed by atoms with van der Waals surface area (Å²) < 4.78 is 0. The summed E-state index contributed by atoms with van der Waals surface area (Å²) in [6, 6.07) is 14.0. The van der Waals surface area contributed by atoms with Crippen molar-refractivity contribution >= 4 is 12.2 Å². The van der Waals surface area contributed by atoms with Crippen molar-refractivity contribution < 1.29 is 0 Å². The Morgan fingerprint density at radius 1 is 0.867 bits per heavy atom. The van der Waals surface area contributed by atoms with Crippen molar-refractivity contribution in [3.63, 3.8) is 0 Å². The Kier molecular flexibility index (Phi) is 3.11. The molecule has 1 aromatic heterocycles. The summed E-state index contributed by atoms with van der Waals surface area (Å²) in [6.45, 7) is 0. The van der Waals surface area contributed by atoms with E-state index >= 15 is 0 Å². The van der Waals surface area contributed by atoms with Gasteiger partial charge in [0.15, 0.2) is 0 Å². The molecule has 0 radical (unpaired) electrons. The molecule has 0 aliphatic rings. The maximum absolute atomic E-state index is 4.03. The number of hydrogen-bond donors (Lipinski definition) is 0. The van der Waals surface area contributed by atoms with Crippen LogP contribution in [0.4, 0.5) is 0 Å². The predicted molar refractivity (Wildman–Crippen MR) is 63.1 cm³/mol. The lowest BCUT2D eigenvalue weighted by molar-refractivity contribution is 1.32. The standard InChI is InChI=1S/C14H11N/c1-2-6-13(7-3-1)8-4-9-14-10-5-11-15-12-14/h1-3,5-12H. The van der Waals surface area contributed by atoms with Gasteiger partial charge in [-0.2, -0.15) is 0 Å². The second-order valence-corrected chi connectivity index (χ2v) is 3.15. The topological polar surface area (TPSA) is 12.9 Å². The summed E-state index contributed by atoms with van der Waals surface area (Å²) in [5, 5.41) is 0. The van der Waals surface area contributed by atoms with E-state index < -0.39 is 0 Å². The molecule has 1 heteroatoms. The van der Waals surface area contributed by atoms with Gasteiger partial charge in [-0.15, -0.1) is 5.73 Å². The average Bonchev–Trinajstić information content (AvgIpc) is 2.32. The summed E-state index contributed by atoms with van der Waals surface area (Å²) in [7, 11) is 0. The molecule has 0 aliphatic carbocycles. The minimum absolute atomic E-state index is 1.06. The molecular weight excluding hydrogens is 182 g/mol. The first-order valence-corrected chi connectivity index (χ1v) is 4.83. The zero-order valence-electron chi connectivity index (χ0n) is 8.30. The van der Waals surface area contributed by atoms with Crippen molar-refractivity contribution in [3.05, 3.63) is 71.7 Å². The molecule has 1 nitrogen and oxygen atoms in total. The minimum Gasteiger partial charge on any atom is -0.264 e. The molecular formula is C14H11N. The van der Waals surface area contributed by atoms with E-state index in [0.717, 1.165) is 11.1 Å². The van der Waals surface area contributed by atoms with Crippen molar-refractivity contribution in [2.75, 3.05) is 0 Å². The van der Waals surface area contributed by atoms with E-state index in [4.69, 9.17) is 0 Å². The fourth-order valence-electron chi connectivity index (χ4n) is 1.24. The lowest BCUT2D eigenvalue weighted by Gasteiger charge is -1.88. The van der Waals surface area contributed by atoms with Crippen LogP contribution in [0.5, 0.6) is 0 Å². The monoisotopic (exact) mass is 193 g/mol. The minimum atomic E-state index is 1.06. The van der Waals surface area contributed by atoms with Crippen molar-refractivity contribution in [1.29, 1.82) is 0 Å². The molecule has 0 aliphatic heterocycles. The van der Waals surface area contributed by atoms with Crippen LogP contribution in [-0.4, -0.2) is 4.98 Å². The van der Waals surface area contributed by atoms with Crippen LogP contribution in [0.3, 0.4) is 0 Å². The van der Waals surface area contributed by atoms with E-state index in [1.54, 1.807) is 6.20 Å². The highest BCUT2D eigenvalue weighted by Gasteiger charge is 1.82. The normalized spacial score (nSPS) is 9.07. The van der Waals surface area contributed by atoms with Gasteiger partial charge in [0.25, 0.3) is 0 Å². The first-order valence-electron chi connectivity index (χ1n) is 4.83. The van der Waals surface area contributed by atoms with E-state index in [1.165, 1.54) is 0 Å². The Labute approximate surface area is 89.4 Å². The molecule has 0 fully saturated rings. The lowest BCUT2D eigenvalue weighted by Crippen LogP contribution is -1.71. The summed E-state index contributed by atoms with van der Waals surface area (Å²) in [5.74, 6) is 0. The first kappa shape index (κ1) is 9.45. The molecule has 2 rings (SSSR count). The van der Waals surface area contributed by atoms with E-state index in [-0.39, 0.29) is 0 Å². The van der Waals surface area contributed by atoms with Gasteiger partial charge in [0.05, 0.1) is 0 Å². The van der Waals surface area contributed by atoms with Gasteiger partial charge >= 0.3 is 0 Å². The van der Waals surface area contributed by atoms with E-state index in [1.807, 2.05) is 60.8 Å². The average molecular weight is 193 g/mol. The Bertz CT molecular complexity index is 422. The zero-order valence-corrected chi connectivity index (χ0v) is 8.30. The van der Waals surface area contributed by atoms with Gasteiger partial charge in [-0.3, -0.25) is 4.98 Å². The van der Waals surface area contributed by atoms with Crippen LogP contribution in [0.15, 0.2) is 60.6 Å². The summed E-state index contributed by atoms with van der Waals surface area (Å²) in [5.41, 5.74) is 5.34. The molecule has 0 saturated carbocycles. The lowest BCUT2D eigenvalue weighted by atomic mass is 10.2. The van der Waals surface area contributed by atoms with Crippen LogP contribution >= 0.6 is 0 Å². The Balaban J connectivity index is 2.16. The molecule has 0 amide bonds. The predicted octanol–water partition coefficient (Wildman–Crippen LogP) is 3.41. The van der Waals surface area contributed by atoms with E-state index in [0.29, 0.717) is 0 Å². The Morgan fingerprint density at radius 3 is 2.33 bits per heavy atom. The van der Waals surface area contributed by atoms with Crippen molar-refractivity contribution in [2.24, 2.45) is 0 Å². The highest BCUT2D eigenvalue weighted by molar-refractivity contribution is 5.56. The van der Waals surface area contributed by atoms with Crippen LogP contribution in [0.1, 0.15) is 11.1 Å². The number of benzene rings is 1. The molecule has 0 N–H and O–H groups in total. The second kappa shape index (κ2) is 4.94. The van der Waals surface area contributed by atoms with Crippen LogP contribution < -0.4 is 0 Å². The number of hydrogen-bond acceptors (Lipinski definition) is 1. The van der Waals surface area contributed by atoms with Gasteiger partial charge in [-0.25, -0.2) is 0 Å². The van der Waals surface area contributed by atoms with Crippen molar-refractivity contribution in [1.82, 2.24) is 4.98 Å². The SMILES string of the molecule is C(=Cc1ccccc1)=Cc1cccnc1. The third kappa shape index (κ3) is 2.94. The van der Waals surface area contributed by atoms with Gasteiger partial charge in [0, 0.05) is 18.0 Å². The van der Waals surface area contributed by atoms with Gasteiger partial charge in [-0.05, 0) is 23.8 Å². The molecule has 0 atom stereocenters. The molecule has 0 saturated heterocycles. The van der Waals surface area contributed by atoms with Crippen LogP contribution in [0, 0.1) is 0 Å². The van der Waals surface area contributed by atoms with Crippen LogP contribution in [0.25, 0.3) is 12.2 Å². The summed E-state index contributed by atoms with van der Waals surface area (Å²) >= 11 is 0. The number of rotatable bonds is 2. The maximum atomic E-state index is 4.03.